The quantitative estimate of drug-likeness (QED) is 0.530. The lowest BCUT2D eigenvalue weighted by Gasteiger charge is -2.28. The summed E-state index contributed by atoms with van der Waals surface area (Å²) in [5, 5.41) is 5.70. The zero-order valence-corrected chi connectivity index (χ0v) is 20.5. The number of hydrogen-bond donors (Lipinski definition) is 2. The number of amides is 3. The number of hydrogen-bond acceptors (Lipinski definition) is 5. The van der Waals surface area contributed by atoms with Crippen molar-refractivity contribution < 1.29 is 19.1 Å². The third-order valence-electron chi connectivity index (χ3n) is 6.02. The number of aryl methyl sites for hydroxylation is 1. The molecule has 2 N–H and O–H groups in total. The number of carbonyl (C=O) groups excluding carboxylic acids is 3. The molecule has 0 aliphatic carbocycles. The fourth-order valence-corrected chi connectivity index (χ4v) is 3.96. The third kappa shape index (κ3) is 6.28. The van der Waals surface area contributed by atoms with Crippen molar-refractivity contribution in [3.8, 4) is 0 Å². The average molecular weight is 487 g/mol. The lowest BCUT2D eigenvalue weighted by Crippen LogP contribution is -2.36. The van der Waals surface area contributed by atoms with Crippen molar-refractivity contribution >= 4 is 34.8 Å². The van der Waals surface area contributed by atoms with E-state index in [0.717, 1.165) is 24.3 Å². The van der Waals surface area contributed by atoms with E-state index in [1.165, 1.54) is 4.90 Å². The molecule has 8 heteroatoms. The second kappa shape index (κ2) is 11.5. The van der Waals surface area contributed by atoms with Crippen molar-refractivity contribution in [2.75, 3.05) is 55.4 Å². The van der Waals surface area contributed by atoms with Crippen LogP contribution in [0.5, 0.6) is 0 Å². The highest BCUT2D eigenvalue weighted by molar-refractivity contribution is 6.06. The molecule has 0 spiro atoms. The summed E-state index contributed by atoms with van der Waals surface area (Å²) in [6, 6.07) is 21.6. The molecule has 0 unspecified atom stereocenters. The molecule has 3 amide bonds. The maximum Gasteiger partial charge on any atom is 0.255 e. The van der Waals surface area contributed by atoms with Gasteiger partial charge in [-0.15, -0.1) is 0 Å². The molecule has 0 bridgehead atoms. The van der Waals surface area contributed by atoms with Crippen LogP contribution in [0.3, 0.4) is 0 Å². The summed E-state index contributed by atoms with van der Waals surface area (Å²) in [5.41, 5.74) is 4.04. The van der Waals surface area contributed by atoms with Gasteiger partial charge in [0.05, 0.1) is 19.8 Å². The van der Waals surface area contributed by atoms with Crippen molar-refractivity contribution in [2.45, 2.75) is 6.92 Å². The van der Waals surface area contributed by atoms with Crippen LogP contribution < -0.4 is 15.5 Å². The average Bonchev–Trinajstić information content (AvgIpc) is 2.91. The number of likely N-dealkylation sites (N-methyl/N-ethyl adjacent to an activating group) is 1. The Hall–Kier alpha value is -4.17. The second-order valence-electron chi connectivity index (χ2n) is 8.71. The van der Waals surface area contributed by atoms with Gasteiger partial charge in [0, 0.05) is 48.3 Å². The minimum absolute atomic E-state index is 0.108. The van der Waals surface area contributed by atoms with Crippen molar-refractivity contribution in [3.63, 3.8) is 0 Å². The van der Waals surface area contributed by atoms with Crippen LogP contribution in [0, 0.1) is 6.92 Å². The Kier molecular flexibility index (Phi) is 7.97. The van der Waals surface area contributed by atoms with Gasteiger partial charge in [0.15, 0.2) is 0 Å². The molecule has 4 rings (SSSR count). The Balaban J connectivity index is 1.35. The number of benzene rings is 3. The van der Waals surface area contributed by atoms with Gasteiger partial charge in [-0.25, -0.2) is 0 Å². The summed E-state index contributed by atoms with van der Waals surface area (Å²) in [6.45, 7) is 4.85. The molecule has 1 heterocycles. The lowest BCUT2D eigenvalue weighted by molar-refractivity contribution is -0.116. The SMILES string of the molecule is Cc1ccc(C(=O)N(C)CC(=O)Nc2ccc(N3CCOCC3)cc2)cc1NC(=O)c1ccccc1. The van der Waals surface area contributed by atoms with Gasteiger partial charge in [0.2, 0.25) is 5.91 Å². The van der Waals surface area contributed by atoms with E-state index in [4.69, 9.17) is 4.74 Å². The van der Waals surface area contributed by atoms with Gasteiger partial charge < -0.3 is 25.2 Å². The molecule has 0 saturated carbocycles. The van der Waals surface area contributed by atoms with Crippen LogP contribution in [0.1, 0.15) is 26.3 Å². The second-order valence-corrected chi connectivity index (χ2v) is 8.71. The Morgan fingerprint density at radius 3 is 2.28 bits per heavy atom. The largest absolute Gasteiger partial charge is 0.378 e. The molecule has 0 atom stereocenters. The van der Waals surface area contributed by atoms with Crippen LogP contribution in [0.15, 0.2) is 72.8 Å². The maximum atomic E-state index is 13.0. The minimum atomic E-state index is -0.317. The van der Waals surface area contributed by atoms with E-state index < -0.39 is 0 Å². The molecule has 0 radical (unpaired) electrons. The summed E-state index contributed by atoms with van der Waals surface area (Å²) < 4.78 is 5.38. The molecule has 3 aromatic rings. The highest BCUT2D eigenvalue weighted by atomic mass is 16.5. The third-order valence-corrected chi connectivity index (χ3v) is 6.02. The van der Waals surface area contributed by atoms with E-state index in [2.05, 4.69) is 15.5 Å². The van der Waals surface area contributed by atoms with Crippen LogP contribution in [0.4, 0.5) is 17.1 Å². The fourth-order valence-electron chi connectivity index (χ4n) is 3.96. The Morgan fingerprint density at radius 2 is 1.58 bits per heavy atom. The highest BCUT2D eigenvalue weighted by Gasteiger charge is 2.17. The first-order chi connectivity index (χ1) is 17.4. The van der Waals surface area contributed by atoms with Crippen LogP contribution >= 0.6 is 0 Å². The van der Waals surface area contributed by atoms with E-state index in [1.807, 2.05) is 37.3 Å². The topological polar surface area (TPSA) is 91.0 Å². The van der Waals surface area contributed by atoms with Gasteiger partial charge in [-0.2, -0.15) is 0 Å². The van der Waals surface area contributed by atoms with E-state index in [-0.39, 0.29) is 24.3 Å². The predicted molar refractivity (Wildman–Crippen MR) is 141 cm³/mol. The van der Waals surface area contributed by atoms with Crippen molar-refractivity contribution in [3.05, 3.63) is 89.5 Å². The monoisotopic (exact) mass is 486 g/mol. The first-order valence-electron chi connectivity index (χ1n) is 11.9. The van der Waals surface area contributed by atoms with Crippen LogP contribution in [-0.4, -0.2) is 62.5 Å². The molecule has 1 fully saturated rings. The number of rotatable bonds is 7. The zero-order chi connectivity index (χ0) is 25.5. The van der Waals surface area contributed by atoms with Crippen molar-refractivity contribution in [1.82, 2.24) is 4.90 Å². The molecule has 1 aliphatic heterocycles. The van der Waals surface area contributed by atoms with Crippen LogP contribution in [-0.2, 0) is 9.53 Å². The molecule has 0 aromatic heterocycles. The van der Waals surface area contributed by atoms with E-state index in [9.17, 15) is 14.4 Å². The van der Waals surface area contributed by atoms with Gasteiger partial charge >= 0.3 is 0 Å². The van der Waals surface area contributed by atoms with Gasteiger partial charge in [-0.05, 0) is 61.0 Å². The van der Waals surface area contributed by atoms with E-state index >= 15 is 0 Å². The Labute approximate surface area is 210 Å². The lowest BCUT2D eigenvalue weighted by atomic mass is 10.1. The number of morpholine rings is 1. The molecular formula is C28H30N4O4. The van der Waals surface area contributed by atoms with Gasteiger partial charge in [-0.1, -0.05) is 24.3 Å². The normalized spacial score (nSPS) is 13.1. The minimum Gasteiger partial charge on any atom is -0.378 e. The molecule has 36 heavy (non-hydrogen) atoms. The number of anilines is 3. The standard InChI is InChI=1S/C28H30N4O4/c1-20-8-9-22(18-25(20)30-27(34)21-6-4-3-5-7-21)28(35)31(2)19-26(33)29-23-10-12-24(13-11-23)32-14-16-36-17-15-32/h3-13,18H,14-17,19H2,1-2H3,(H,29,33)(H,30,34). The van der Waals surface area contributed by atoms with Gasteiger partial charge in [0.1, 0.15) is 0 Å². The summed E-state index contributed by atoms with van der Waals surface area (Å²) in [4.78, 5) is 41.7. The van der Waals surface area contributed by atoms with Crippen molar-refractivity contribution in [1.29, 1.82) is 0 Å². The van der Waals surface area contributed by atoms with Crippen LogP contribution in [0.2, 0.25) is 0 Å². The Morgan fingerprint density at radius 1 is 0.889 bits per heavy atom. The molecule has 186 valence electrons. The smallest absolute Gasteiger partial charge is 0.255 e. The first kappa shape index (κ1) is 24.9. The number of nitrogens with zero attached hydrogens (tertiary/aromatic N) is 2. The maximum absolute atomic E-state index is 13.0. The number of nitrogens with one attached hydrogen (secondary N) is 2. The Bertz CT molecular complexity index is 1220. The van der Waals surface area contributed by atoms with E-state index in [1.54, 1.807) is 49.5 Å². The van der Waals surface area contributed by atoms with Gasteiger partial charge in [0.25, 0.3) is 11.8 Å². The van der Waals surface area contributed by atoms with Gasteiger partial charge in [-0.3, -0.25) is 14.4 Å². The number of carbonyl (C=O) groups is 3. The van der Waals surface area contributed by atoms with Crippen LogP contribution in [0.25, 0.3) is 0 Å². The molecular weight excluding hydrogens is 456 g/mol. The zero-order valence-electron chi connectivity index (χ0n) is 20.5. The summed E-state index contributed by atoms with van der Waals surface area (Å²) in [7, 11) is 1.57. The molecule has 1 aliphatic rings. The summed E-state index contributed by atoms with van der Waals surface area (Å²) in [5.74, 6) is -0.867. The first-order valence-corrected chi connectivity index (χ1v) is 11.9. The highest BCUT2D eigenvalue weighted by Crippen LogP contribution is 2.20. The van der Waals surface area contributed by atoms with E-state index in [0.29, 0.717) is 35.7 Å². The molecule has 1 saturated heterocycles. The molecule has 3 aromatic carbocycles. The predicted octanol–water partition coefficient (Wildman–Crippen LogP) is 3.79. The number of ether oxygens (including phenoxy) is 1. The fraction of sp³-hybridized carbons (Fsp3) is 0.250. The van der Waals surface area contributed by atoms with Crippen molar-refractivity contribution in [2.24, 2.45) is 0 Å². The summed E-state index contributed by atoms with van der Waals surface area (Å²) in [6.07, 6.45) is 0. The molecule has 8 nitrogen and oxygen atoms in total. The summed E-state index contributed by atoms with van der Waals surface area (Å²) >= 11 is 0.